The summed E-state index contributed by atoms with van der Waals surface area (Å²) in [6, 6.07) is 10.1. The molecular weight excluding hydrogens is 290 g/mol. The Kier molecular flexibility index (Phi) is 2.50. The smallest absolute Gasteiger partial charge is 0.329 e. The van der Waals surface area contributed by atoms with Crippen LogP contribution in [0, 0.1) is 0 Å². The minimum absolute atomic E-state index is 0.0240. The maximum absolute atomic E-state index is 12.8. The second-order valence-corrected chi connectivity index (χ2v) is 6.03. The number of H-pyrrole nitrogens is 1. The Hall–Kier alpha value is -2.89. The van der Waals surface area contributed by atoms with E-state index in [-0.39, 0.29) is 5.69 Å². The average Bonchev–Trinajstić information content (AvgIpc) is 3.25. The molecule has 0 aliphatic heterocycles. The number of para-hydroxylation sites is 2. The first-order chi connectivity index (χ1) is 11.3. The summed E-state index contributed by atoms with van der Waals surface area (Å²) in [5, 5.41) is 0. The number of pyridine rings is 1. The summed E-state index contributed by atoms with van der Waals surface area (Å²) in [4.78, 5) is 24.9. The van der Waals surface area contributed by atoms with Gasteiger partial charge in [0.25, 0.3) is 0 Å². The molecule has 6 heteroatoms. The zero-order valence-corrected chi connectivity index (χ0v) is 12.4. The lowest BCUT2D eigenvalue weighted by Gasteiger charge is -1.99. The Labute approximate surface area is 131 Å². The van der Waals surface area contributed by atoms with Crippen molar-refractivity contribution in [3.8, 4) is 0 Å². The molecule has 5 rings (SSSR count). The summed E-state index contributed by atoms with van der Waals surface area (Å²) in [6.45, 7) is 0.426. The van der Waals surface area contributed by atoms with Crippen molar-refractivity contribution < 1.29 is 0 Å². The van der Waals surface area contributed by atoms with Gasteiger partial charge in [-0.2, -0.15) is 0 Å². The molecule has 23 heavy (non-hydrogen) atoms. The molecule has 4 aromatic rings. The highest BCUT2D eigenvalue weighted by atomic mass is 16.1. The molecule has 1 N–H and O–H groups in total. The number of benzene rings is 1. The zero-order chi connectivity index (χ0) is 15.4. The Morgan fingerprint density at radius 1 is 1.17 bits per heavy atom. The van der Waals surface area contributed by atoms with Gasteiger partial charge in [0.15, 0.2) is 0 Å². The Morgan fingerprint density at radius 3 is 2.87 bits per heavy atom. The molecule has 1 aliphatic rings. The van der Waals surface area contributed by atoms with Crippen molar-refractivity contribution in [2.75, 3.05) is 0 Å². The lowest BCUT2D eigenvalue weighted by molar-refractivity contribution is 0.661. The summed E-state index contributed by atoms with van der Waals surface area (Å²) in [7, 11) is 0. The average molecular weight is 305 g/mol. The molecule has 3 aromatic heterocycles. The molecule has 1 fully saturated rings. The van der Waals surface area contributed by atoms with E-state index in [1.807, 2.05) is 34.9 Å². The summed E-state index contributed by atoms with van der Waals surface area (Å²) < 4.78 is 3.66. The van der Waals surface area contributed by atoms with Gasteiger partial charge >= 0.3 is 5.69 Å². The first-order valence-electron chi connectivity index (χ1n) is 7.79. The zero-order valence-electron chi connectivity index (χ0n) is 12.4. The fourth-order valence-electron chi connectivity index (χ4n) is 3.20. The van der Waals surface area contributed by atoms with Crippen LogP contribution in [0.15, 0.2) is 47.5 Å². The fourth-order valence-corrected chi connectivity index (χ4v) is 3.20. The maximum atomic E-state index is 12.8. The van der Waals surface area contributed by atoms with Gasteiger partial charge in [0.1, 0.15) is 5.82 Å². The Balaban J connectivity index is 1.68. The summed E-state index contributed by atoms with van der Waals surface area (Å²) in [5.74, 6) is 0.784. The first-order valence-corrected chi connectivity index (χ1v) is 7.79. The molecule has 1 aliphatic carbocycles. The number of hydrogen-bond donors (Lipinski definition) is 1. The van der Waals surface area contributed by atoms with Gasteiger partial charge in [0, 0.05) is 12.2 Å². The first kappa shape index (κ1) is 12.6. The van der Waals surface area contributed by atoms with E-state index in [0.29, 0.717) is 12.6 Å². The van der Waals surface area contributed by atoms with Crippen LogP contribution >= 0.6 is 0 Å². The van der Waals surface area contributed by atoms with Crippen LogP contribution in [0.5, 0.6) is 0 Å². The topological polar surface area (TPSA) is 68.5 Å². The summed E-state index contributed by atoms with van der Waals surface area (Å²) in [6.07, 6.45) is 5.66. The molecule has 0 bridgehead atoms. The van der Waals surface area contributed by atoms with Crippen LogP contribution in [0.25, 0.3) is 22.1 Å². The van der Waals surface area contributed by atoms with Crippen molar-refractivity contribution >= 4 is 22.1 Å². The van der Waals surface area contributed by atoms with Crippen molar-refractivity contribution in [1.29, 1.82) is 0 Å². The second kappa shape index (κ2) is 4.55. The summed E-state index contributed by atoms with van der Waals surface area (Å²) in [5.41, 5.74) is 3.75. The molecule has 6 nitrogen and oxygen atoms in total. The van der Waals surface area contributed by atoms with E-state index in [4.69, 9.17) is 0 Å². The molecule has 0 unspecified atom stereocenters. The molecule has 3 heterocycles. The van der Waals surface area contributed by atoms with Gasteiger partial charge in [0.2, 0.25) is 0 Å². The number of imidazole rings is 2. The standard InChI is InChI=1S/C17H15N5O/c23-17-21(10-16-19-12-3-1-2-4-13(12)20-16)15-9-18-8-7-14(15)22(17)11-5-6-11/h1-4,7-9,11H,5-6,10H2,(H,19,20). The van der Waals surface area contributed by atoms with Crippen molar-refractivity contribution in [3.63, 3.8) is 0 Å². The van der Waals surface area contributed by atoms with Crippen molar-refractivity contribution in [2.45, 2.75) is 25.4 Å². The van der Waals surface area contributed by atoms with Crippen molar-refractivity contribution in [3.05, 3.63) is 59.0 Å². The third kappa shape index (κ3) is 1.91. The SMILES string of the molecule is O=c1n(Cc2nc3ccccc3[nH]2)c2cnccc2n1C1CC1. The second-order valence-electron chi connectivity index (χ2n) is 6.03. The van der Waals surface area contributed by atoms with Gasteiger partial charge in [-0.25, -0.2) is 9.78 Å². The van der Waals surface area contributed by atoms with E-state index >= 15 is 0 Å². The van der Waals surface area contributed by atoms with Crippen molar-refractivity contribution in [1.82, 2.24) is 24.1 Å². The van der Waals surface area contributed by atoms with E-state index in [9.17, 15) is 4.79 Å². The predicted molar refractivity (Wildman–Crippen MR) is 87.5 cm³/mol. The lowest BCUT2D eigenvalue weighted by Crippen LogP contribution is -2.24. The number of rotatable bonds is 3. The Bertz CT molecular complexity index is 1050. The van der Waals surface area contributed by atoms with Crippen LogP contribution in [0.4, 0.5) is 0 Å². The monoisotopic (exact) mass is 305 g/mol. The van der Waals surface area contributed by atoms with Gasteiger partial charge in [-0.1, -0.05) is 12.1 Å². The quantitative estimate of drug-likeness (QED) is 0.632. The summed E-state index contributed by atoms with van der Waals surface area (Å²) >= 11 is 0. The number of hydrogen-bond acceptors (Lipinski definition) is 3. The van der Waals surface area contributed by atoms with E-state index in [0.717, 1.165) is 40.7 Å². The van der Waals surface area contributed by atoms with E-state index in [1.54, 1.807) is 17.0 Å². The number of nitrogens with one attached hydrogen (secondary N) is 1. The predicted octanol–water partition coefficient (Wildman–Crippen LogP) is 2.46. The van der Waals surface area contributed by atoms with Gasteiger partial charge in [-0.05, 0) is 31.0 Å². The fraction of sp³-hybridized carbons (Fsp3) is 0.235. The molecule has 0 spiro atoms. The highest BCUT2D eigenvalue weighted by Crippen LogP contribution is 2.36. The molecule has 114 valence electrons. The highest BCUT2D eigenvalue weighted by molar-refractivity contribution is 5.76. The normalized spacial score (nSPS) is 14.8. The van der Waals surface area contributed by atoms with Crippen LogP contribution in [-0.2, 0) is 6.54 Å². The van der Waals surface area contributed by atoms with Crippen LogP contribution < -0.4 is 5.69 Å². The third-order valence-electron chi connectivity index (χ3n) is 4.42. The number of fused-ring (bicyclic) bond motifs is 2. The molecular formula is C17H15N5O. The van der Waals surface area contributed by atoms with Gasteiger partial charge < -0.3 is 4.98 Å². The van der Waals surface area contributed by atoms with Gasteiger partial charge in [-0.3, -0.25) is 14.1 Å². The van der Waals surface area contributed by atoms with Crippen molar-refractivity contribution in [2.24, 2.45) is 0 Å². The minimum Gasteiger partial charge on any atom is -0.340 e. The van der Waals surface area contributed by atoms with Gasteiger partial charge in [-0.15, -0.1) is 0 Å². The van der Waals surface area contributed by atoms with Crippen LogP contribution in [0.2, 0.25) is 0 Å². The number of nitrogens with zero attached hydrogens (tertiary/aromatic N) is 4. The molecule has 1 aromatic carbocycles. The molecule has 0 saturated heterocycles. The largest absolute Gasteiger partial charge is 0.340 e. The molecule has 0 radical (unpaired) electrons. The highest BCUT2D eigenvalue weighted by Gasteiger charge is 2.29. The van der Waals surface area contributed by atoms with E-state index < -0.39 is 0 Å². The maximum Gasteiger partial charge on any atom is 0.329 e. The molecule has 1 saturated carbocycles. The number of aromatic nitrogens is 5. The van der Waals surface area contributed by atoms with Crippen LogP contribution in [0.1, 0.15) is 24.7 Å². The van der Waals surface area contributed by atoms with Crippen LogP contribution in [0.3, 0.4) is 0 Å². The third-order valence-corrected chi connectivity index (χ3v) is 4.42. The lowest BCUT2D eigenvalue weighted by atomic mass is 10.3. The van der Waals surface area contributed by atoms with Crippen LogP contribution in [-0.4, -0.2) is 24.1 Å². The Morgan fingerprint density at radius 2 is 2.04 bits per heavy atom. The van der Waals surface area contributed by atoms with E-state index in [2.05, 4.69) is 15.0 Å². The van der Waals surface area contributed by atoms with E-state index in [1.165, 1.54) is 0 Å². The minimum atomic E-state index is 0.0240. The number of aromatic amines is 1. The van der Waals surface area contributed by atoms with Gasteiger partial charge in [0.05, 0.1) is 34.8 Å². The molecule has 0 atom stereocenters. The molecule has 0 amide bonds.